The van der Waals surface area contributed by atoms with Gasteiger partial charge in [-0.3, -0.25) is 14.7 Å². The van der Waals surface area contributed by atoms with Gasteiger partial charge in [0.25, 0.3) is 0 Å². The van der Waals surface area contributed by atoms with Crippen LogP contribution < -0.4 is 26.0 Å². The van der Waals surface area contributed by atoms with Gasteiger partial charge in [0.05, 0.1) is 12.2 Å². The number of aromatic nitrogens is 3. The molecule has 1 fully saturated rings. The molecule has 2 atom stereocenters. The molecule has 0 saturated carbocycles. The van der Waals surface area contributed by atoms with Crippen molar-refractivity contribution in [1.29, 1.82) is 0 Å². The number of urea groups is 1. The maximum Gasteiger partial charge on any atom is 0.320 e. The monoisotopic (exact) mass is 574 g/mol. The highest BCUT2D eigenvalue weighted by molar-refractivity contribution is 6.04. The summed E-state index contributed by atoms with van der Waals surface area (Å²) >= 11 is 0. The number of ether oxygens (including phenoxy) is 1. The Morgan fingerprint density at radius 3 is 2.55 bits per heavy atom. The molecule has 5 N–H and O–H groups in total. The summed E-state index contributed by atoms with van der Waals surface area (Å²) in [6.07, 6.45) is 6.80. The van der Waals surface area contributed by atoms with Crippen molar-refractivity contribution in [3.05, 3.63) is 65.5 Å². The number of nitrogens with one attached hydrogen (secondary N) is 2. The molecule has 5 rings (SSSR count). The van der Waals surface area contributed by atoms with E-state index in [0.717, 1.165) is 60.8 Å². The number of piperidine rings is 1. The predicted molar refractivity (Wildman–Crippen MR) is 164 cm³/mol. The lowest BCUT2D eigenvalue weighted by molar-refractivity contribution is 0.171. The number of nitrogens with two attached hydrogens (primary N) is 1. The third-order valence-corrected chi connectivity index (χ3v) is 8.17. The standard InChI is InChI=1S/C31H42N8O3/c1-31(2,3)26(32)17-27(33-4)35-29(41)34-24-10-11-25(23-8-6-5-7-22(23)24)42-21-9-12-28-36-37-30(39(28)18-21)38-15-13-20(19-40)14-16-38/h5-9,12,17-18,20,24-25,40H,10-11,13-16,19,32H2,1-4H3,(H2,33,34,35,41)/t24?,25-/m1/s1. The quantitative estimate of drug-likeness (QED) is 0.256. The number of hydrogen-bond acceptors (Lipinski definition) is 8. The van der Waals surface area contributed by atoms with Crippen LogP contribution in [0.25, 0.3) is 5.65 Å². The summed E-state index contributed by atoms with van der Waals surface area (Å²) in [5.41, 5.74) is 9.42. The lowest BCUT2D eigenvalue weighted by Crippen LogP contribution is -2.42. The largest absolute Gasteiger partial charge is 0.484 e. The van der Waals surface area contributed by atoms with Gasteiger partial charge in [0.15, 0.2) is 5.65 Å². The lowest BCUT2D eigenvalue weighted by Gasteiger charge is -2.32. The van der Waals surface area contributed by atoms with Crippen molar-refractivity contribution in [2.24, 2.45) is 22.1 Å². The first-order valence-corrected chi connectivity index (χ1v) is 14.6. The van der Waals surface area contributed by atoms with Gasteiger partial charge >= 0.3 is 6.03 Å². The van der Waals surface area contributed by atoms with Crippen LogP contribution in [0, 0.1) is 11.3 Å². The van der Waals surface area contributed by atoms with Gasteiger partial charge in [-0.25, -0.2) is 4.79 Å². The zero-order chi connectivity index (χ0) is 29.9. The first-order valence-electron chi connectivity index (χ1n) is 14.6. The topological polar surface area (TPSA) is 142 Å². The number of carbonyl (C=O) groups excluding carboxylic acids is 1. The van der Waals surface area contributed by atoms with E-state index in [9.17, 15) is 9.90 Å². The Kier molecular flexibility index (Phi) is 8.67. The fraction of sp³-hybridized carbons (Fsp3) is 0.484. The van der Waals surface area contributed by atoms with Gasteiger partial charge in [-0.15, -0.1) is 10.2 Å². The molecular weight excluding hydrogens is 532 g/mol. The second-order valence-electron chi connectivity index (χ2n) is 12.1. The number of pyridine rings is 1. The summed E-state index contributed by atoms with van der Waals surface area (Å²) in [5.74, 6) is 2.28. The minimum absolute atomic E-state index is 0.165. The van der Waals surface area contributed by atoms with Gasteiger partial charge in [-0.1, -0.05) is 45.0 Å². The number of amidine groups is 1. The lowest BCUT2D eigenvalue weighted by atomic mass is 9.85. The second kappa shape index (κ2) is 12.4. The van der Waals surface area contributed by atoms with E-state index in [1.165, 1.54) is 0 Å². The molecule has 11 heteroatoms. The third-order valence-electron chi connectivity index (χ3n) is 8.17. The van der Waals surface area contributed by atoms with E-state index in [1.807, 2.05) is 61.7 Å². The highest BCUT2D eigenvalue weighted by atomic mass is 16.5. The van der Waals surface area contributed by atoms with E-state index in [1.54, 1.807) is 13.1 Å². The number of rotatable bonds is 6. The molecule has 0 spiro atoms. The van der Waals surface area contributed by atoms with Crippen LogP contribution in [0.5, 0.6) is 5.75 Å². The van der Waals surface area contributed by atoms with Gasteiger partial charge in [0.1, 0.15) is 17.7 Å². The molecule has 0 bridgehead atoms. The normalized spacial score (nSPS) is 20.4. The molecule has 1 saturated heterocycles. The molecule has 0 radical (unpaired) electrons. The van der Waals surface area contributed by atoms with Crippen LogP contribution in [-0.4, -0.2) is 58.3 Å². The maximum absolute atomic E-state index is 13.0. The van der Waals surface area contributed by atoms with E-state index < -0.39 is 0 Å². The smallest absolute Gasteiger partial charge is 0.320 e. The van der Waals surface area contributed by atoms with Crippen LogP contribution in [0.15, 0.2) is 59.4 Å². The van der Waals surface area contributed by atoms with Crippen molar-refractivity contribution in [2.75, 3.05) is 31.6 Å². The number of aliphatic imine (C=N–C) groups is 1. The molecule has 2 aliphatic rings. The average molecular weight is 575 g/mol. The summed E-state index contributed by atoms with van der Waals surface area (Å²) in [4.78, 5) is 19.4. The molecular formula is C31H42N8O3. The number of hydrogen-bond donors (Lipinski definition) is 4. The van der Waals surface area contributed by atoms with Crippen LogP contribution in [0.3, 0.4) is 0 Å². The van der Waals surface area contributed by atoms with E-state index in [-0.39, 0.29) is 30.2 Å². The average Bonchev–Trinajstić information content (AvgIpc) is 3.41. The molecule has 1 aliphatic carbocycles. The first kappa shape index (κ1) is 29.4. The highest BCUT2D eigenvalue weighted by Crippen LogP contribution is 2.39. The van der Waals surface area contributed by atoms with Gasteiger partial charge in [-0.05, 0) is 60.9 Å². The van der Waals surface area contributed by atoms with Crippen LogP contribution in [0.2, 0.25) is 0 Å². The Labute approximate surface area is 246 Å². The number of nitrogens with zero attached hydrogens (tertiary/aromatic N) is 5. The second-order valence-corrected chi connectivity index (χ2v) is 12.1. The van der Waals surface area contributed by atoms with Gasteiger partial charge in [-0.2, -0.15) is 0 Å². The molecule has 42 heavy (non-hydrogen) atoms. The molecule has 3 heterocycles. The highest BCUT2D eigenvalue weighted by Gasteiger charge is 2.30. The number of fused-ring (bicyclic) bond motifs is 2. The number of benzene rings is 1. The Morgan fingerprint density at radius 1 is 1.12 bits per heavy atom. The third kappa shape index (κ3) is 6.51. The SMILES string of the molecule is CN=C(C=C(N)C(C)(C)C)NC(=O)NC1CC[C@@H](Oc2ccc3nnc(N4CCC(CO)CC4)n3c2)c2ccccc21. The molecule has 224 valence electrons. The van der Waals surface area contributed by atoms with Crippen LogP contribution in [0.1, 0.15) is 69.7 Å². The van der Waals surface area contributed by atoms with E-state index in [0.29, 0.717) is 23.9 Å². The van der Waals surface area contributed by atoms with Crippen molar-refractivity contribution < 1.29 is 14.6 Å². The Hall–Kier alpha value is -4.12. The molecule has 2 amide bonds. The minimum atomic E-state index is -0.332. The molecule has 11 nitrogen and oxygen atoms in total. The van der Waals surface area contributed by atoms with E-state index in [2.05, 4.69) is 36.8 Å². The van der Waals surface area contributed by atoms with Crippen molar-refractivity contribution >= 4 is 23.5 Å². The first-order chi connectivity index (χ1) is 20.2. The Bertz CT molecular complexity index is 1470. The zero-order valence-corrected chi connectivity index (χ0v) is 24.9. The van der Waals surface area contributed by atoms with E-state index >= 15 is 0 Å². The molecule has 1 unspecified atom stereocenters. The number of amides is 2. The van der Waals surface area contributed by atoms with Crippen LogP contribution in [-0.2, 0) is 0 Å². The molecule has 1 aliphatic heterocycles. The van der Waals surface area contributed by atoms with E-state index in [4.69, 9.17) is 10.5 Å². The summed E-state index contributed by atoms with van der Waals surface area (Å²) in [6, 6.07) is 11.4. The fourth-order valence-corrected chi connectivity index (χ4v) is 5.48. The van der Waals surface area contributed by atoms with Crippen molar-refractivity contribution in [3.8, 4) is 5.75 Å². The molecule has 1 aromatic carbocycles. The van der Waals surface area contributed by atoms with Crippen molar-refractivity contribution in [1.82, 2.24) is 25.2 Å². The number of aliphatic hydroxyl groups excluding tert-OH is 1. The molecule has 3 aromatic rings. The summed E-state index contributed by atoms with van der Waals surface area (Å²) < 4.78 is 8.53. The molecule has 2 aromatic heterocycles. The van der Waals surface area contributed by atoms with Crippen molar-refractivity contribution in [2.45, 2.75) is 58.6 Å². The summed E-state index contributed by atoms with van der Waals surface area (Å²) in [7, 11) is 1.62. The number of allylic oxidation sites excluding steroid dienone is 1. The summed E-state index contributed by atoms with van der Waals surface area (Å²) in [5, 5.41) is 24.2. The minimum Gasteiger partial charge on any atom is -0.484 e. The van der Waals surface area contributed by atoms with Gasteiger partial charge in [0.2, 0.25) is 5.95 Å². The van der Waals surface area contributed by atoms with Gasteiger partial charge < -0.3 is 25.8 Å². The zero-order valence-electron chi connectivity index (χ0n) is 24.9. The number of aliphatic hydroxyl groups is 1. The number of anilines is 1. The Balaban J connectivity index is 1.28. The summed E-state index contributed by atoms with van der Waals surface area (Å²) in [6.45, 7) is 7.93. The maximum atomic E-state index is 13.0. The fourth-order valence-electron chi connectivity index (χ4n) is 5.48. The van der Waals surface area contributed by atoms with Crippen LogP contribution in [0.4, 0.5) is 10.7 Å². The van der Waals surface area contributed by atoms with Crippen molar-refractivity contribution in [3.63, 3.8) is 0 Å². The number of carbonyl (C=O) groups is 1. The van der Waals surface area contributed by atoms with Crippen LogP contribution >= 0.6 is 0 Å². The Morgan fingerprint density at radius 2 is 1.86 bits per heavy atom. The predicted octanol–water partition coefficient (Wildman–Crippen LogP) is 4.11. The van der Waals surface area contributed by atoms with Gasteiger partial charge in [0, 0.05) is 37.9 Å².